The molecule has 0 spiro atoms. The maximum atomic E-state index is 13.1. The highest BCUT2D eigenvalue weighted by Crippen LogP contribution is 2.33. The van der Waals surface area contributed by atoms with Gasteiger partial charge in [0.05, 0.1) is 5.69 Å². The van der Waals surface area contributed by atoms with Gasteiger partial charge >= 0.3 is 0 Å². The third-order valence-corrected chi connectivity index (χ3v) is 6.87. The number of benzene rings is 1. The van der Waals surface area contributed by atoms with Crippen LogP contribution in [0.15, 0.2) is 36.4 Å². The van der Waals surface area contributed by atoms with Crippen LogP contribution in [0.25, 0.3) is 11.3 Å². The van der Waals surface area contributed by atoms with E-state index in [1.54, 1.807) is 12.1 Å². The summed E-state index contributed by atoms with van der Waals surface area (Å²) in [6, 6.07) is 10.2. The van der Waals surface area contributed by atoms with Gasteiger partial charge in [0.1, 0.15) is 5.82 Å². The van der Waals surface area contributed by atoms with Crippen LogP contribution in [-0.4, -0.2) is 47.2 Å². The molecule has 2 fully saturated rings. The molecule has 2 heterocycles. The van der Waals surface area contributed by atoms with E-state index in [0.29, 0.717) is 5.91 Å². The van der Waals surface area contributed by atoms with E-state index in [9.17, 15) is 9.18 Å². The normalized spacial score (nSPS) is 21.9. The molecule has 1 aromatic heterocycles. The molecular formula is C25H33FN4O. The van der Waals surface area contributed by atoms with Gasteiger partial charge in [0.2, 0.25) is 5.91 Å². The van der Waals surface area contributed by atoms with Gasteiger partial charge in [-0.3, -0.25) is 4.79 Å². The maximum Gasteiger partial charge on any atom is 0.225 e. The van der Waals surface area contributed by atoms with Crippen molar-refractivity contribution in [2.24, 2.45) is 11.8 Å². The van der Waals surface area contributed by atoms with Gasteiger partial charge in [-0.2, -0.15) is 0 Å². The minimum absolute atomic E-state index is 0.221. The Hall–Kier alpha value is -2.50. The van der Waals surface area contributed by atoms with Crippen LogP contribution in [0.3, 0.4) is 0 Å². The third kappa shape index (κ3) is 5.41. The Bertz CT molecular complexity index is 839. The lowest BCUT2D eigenvalue weighted by atomic mass is 9.79. The zero-order valence-electron chi connectivity index (χ0n) is 18.5. The molecule has 1 aliphatic carbocycles. The Morgan fingerprint density at radius 1 is 0.968 bits per heavy atom. The van der Waals surface area contributed by atoms with Crippen molar-refractivity contribution in [3.63, 3.8) is 0 Å². The number of rotatable bonds is 6. The van der Waals surface area contributed by atoms with Crippen LogP contribution in [0.2, 0.25) is 0 Å². The number of carbonyl (C=O) groups excluding carboxylic acids is 1. The monoisotopic (exact) mass is 424 g/mol. The van der Waals surface area contributed by atoms with Crippen LogP contribution in [0.1, 0.15) is 51.9 Å². The lowest BCUT2D eigenvalue weighted by Crippen LogP contribution is -2.51. The predicted octanol–water partition coefficient (Wildman–Crippen LogP) is 4.93. The van der Waals surface area contributed by atoms with Crippen molar-refractivity contribution in [2.45, 2.75) is 51.9 Å². The molecule has 6 heteroatoms. The summed E-state index contributed by atoms with van der Waals surface area (Å²) in [6.45, 7) is 5.30. The number of halogens is 1. The molecule has 4 rings (SSSR count). The van der Waals surface area contributed by atoms with Gasteiger partial charge in [0.15, 0.2) is 5.82 Å². The molecule has 31 heavy (non-hydrogen) atoms. The molecule has 1 amide bonds. The predicted molar refractivity (Wildman–Crippen MR) is 121 cm³/mol. The van der Waals surface area contributed by atoms with E-state index in [1.807, 2.05) is 17.0 Å². The lowest BCUT2D eigenvalue weighted by molar-refractivity contribution is -0.137. The van der Waals surface area contributed by atoms with Gasteiger partial charge in [0.25, 0.3) is 0 Å². The zero-order valence-corrected chi connectivity index (χ0v) is 18.5. The van der Waals surface area contributed by atoms with Crippen molar-refractivity contribution in [2.75, 3.05) is 31.1 Å². The zero-order chi connectivity index (χ0) is 21.6. The number of anilines is 1. The van der Waals surface area contributed by atoms with Gasteiger partial charge in [-0.25, -0.2) is 4.39 Å². The summed E-state index contributed by atoms with van der Waals surface area (Å²) >= 11 is 0. The van der Waals surface area contributed by atoms with Crippen molar-refractivity contribution in [1.29, 1.82) is 0 Å². The van der Waals surface area contributed by atoms with E-state index in [1.165, 1.54) is 44.2 Å². The molecule has 1 saturated heterocycles. The number of hydrogen-bond donors (Lipinski definition) is 0. The summed E-state index contributed by atoms with van der Waals surface area (Å²) < 4.78 is 13.1. The third-order valence-electron chi connectivity index (χ3n) is 6.87. The van der Waals surface area contributed by atoms with E-state index in [-0.39, 0.29) is 11.7 Å². The van der Waals surface area contributed by atoms with Crippen molar-refractivity contribution in [1.82, 2.24) is 15.1 Å². The molecule has 1 aliphatic heterocycles. The standard InChI is InChI=1S/C25H33FN4O/c1-2-3-4-19-5-7-21(8-6-19)25(31)30-17-15-29(16-18-30)24-14-13-23(27-28-24)20-9-11-22(26)12-10-20/h9-14,19,21H,2-8,15-18H2,1H3. The van der Waals surface area contributed by atoms with Crippen LogP contribution >= 0.6 is 0 Å². The van der Waals surface area contributed by atoms with Gasteiger partial charge in [-0.15, -0.1) is 10.2 Å². The first kappa shape index (κ1) is 21.7. The van der Waals surface area contributed by atoms with E-state index in [0.717, 1.165) is 62.0 Å². The number of unbranched alkanes of at least 4 members (excludes halogenated alkanes) is 1. The van der Waals surface area contributed by atoms with Gasteiger partial charge in [-0.05, 0) is 68.0 Å². The molecule has 1 aromatic carbocycles. The second-order valence-electron chi connectivity index (χ2n) is 8.96. The second kappa shape index (κ2) is 10.2. The van der Waals surface area contributed by atoms with E-state index < -0.39 is 0 Å². The molecule has 0 bridgehead atoms. The second-order valence-corrected chi connectivity index (χ2v) is 8.96. The van der Waals surface area contributed by atoms with E-state index in [2.05, 4.69) is 22.0 Å². The van der Waals surface area contributed by atoms with Crippen LogP contribution in [0.4, 0.5) is 10.2 Å². The quantitative estimate of drug-likeness (QED) is 0.660. The highest BCUT2D eigenvalue weighted by atomic mass is 19.1. The Balaban J connectivity index is 1.27. The Kier molecular flexibility index (Phi) is 7.15. The van der Waals surface area contributed by atoms with Crippen molar-refractivity contribution in [3.05, 3.63) is 42.2 Å². The van der Waals surface area contributed by atoms with E-state index in [4.69, 9.17) is 0 Å². The molecule has 0 atom stereocenters. The fourth-order valence-corrected chi connectivity index (χ4v) is 4.87. The molecule has 2 aromatic rings. The fourth-order valence-electron chi connectivity index (χ4n) is 4.87. The number of piperazine rings is 1. The highest BCUT2D eigenvalue weighted by Gasteiger charge is 2.31. The SMILES string of the molecule is CCCCC1CCC(C(=O)N2CCN(c3ccc(-c4ccc(F)cc4)nn3)CC2)CC1. The van der Waals surface area contributed by atoms with Gasteiger partial charge in [0, 0.05) is 37.7 Å². The Morgan fingerprint density at radius 3 is 2.29 bits per heavy atom. The Labute approximate surface area is 184 Å². The first-order chi connectivity index (χ1) is 15.1. The summed E-state index contributed by atoms with van der Waals surface area (Å²) in [5, 5.41) is 8.69. The maximum absolute atomic E-state index is 13.1. The van der Waals surface area contributed by atoms with Gasteiger partial charge in [-0.1, -0.05) is 26.2 Å². The average molecular weight is 425 g/mol. The average Bonchev–Trinajstić information content (AvgIpc) is 2.83. The summed E-state index contributed by atoms with van der Waals surface area (Å²) in [6.07, 6.45) is 8.46. The highest BCUT2D eigenvalue weighted by molar-refractivity contribution is 5.79. The molecule has 0 N–H and O–H groups in total. The molecule has 0 unspecified atom stereocenters. The number of nitrogens with zero attached hydrogens (tertiary/aromatic N) is 4. The smallest absolute Gasteiger partial charge is 0.225 e. The minimum Gasteiger partial charge on any atom is -0.352 e. The first-order valence-corrected chi connectivity index (χ1v) is 11.8. The molecule has 5 nitrogen and oxygen atoms in total. The van der Waals surface area contributed by atoms with Crippen LogP contribution < -0.4 is 4.90 Å². The Morgan fingerprint density at radius 2 is 1.68 bits per heavy atom. The number of hydrogen-bond acceptors (Lipinski definition) is 4. The van der Waals surface area contributed by atoms with Crippen LogP contribution in [0, 0.1) is 17.7 Å². The molecule has 0 radical (unpaired) electrons. The number of amides is 1. The molecular weight excluding hydrogens is 391 g/mol. The fraction of sp³-hybridized carbons (Fsp3) is 0.560. The van der Waals surface area contributed by atoms with Crippen LogP contribution in [0.5, 0.6) is 0 Å². The number of carbonyl (C=O) groups is 1. The number of aromatic nitrogens is 2. The summed E-state index contributed by atoms with van der Waals surface area (Å²) in [4.78, 5) is 17.2. The molecule has 1 saturated carbocycles. The molecule has 166 valence electrons. The van der Waals surface area contributed by atoms with Crippen LogP contribution in [-0.2, 0) is 4.79 Å². The van der Waals surface area contributed by atoms with Crippen molar-refractivity contribution < 1.29 is 9.18 Å². The largest absolute Gasteiger partial charge is 0.352 e. The van der Waals surface area contributed by atoms with E-state index >= 15 is 0 Å². The molecule has 2 aliphatic rings. The van der Waals surface area contributed by atoms with Crippen molar-refractivity contribution >= 4 is 11.7 Å². The summed E-state index contributed by atoms with van der Waals surface area (Å²) in [7, 11) is 0. The summed E-state index contributed by atoms with van der Waals surface area (Å²) in [5.41, 5.74) is 1.58. The lowest BCUT2D eigenvalue weighted by Gasteiger charge is -2.38. The summed E-state index contributed by atoms with van der Waals surface area (Å²) in [5.74, 6) is 1.97. The minimum atomic E-state index is -0.259. The van der Waals surface area contributed by atoms with Crippen molar-refractivity contribution in [3.8, 4) is 11.3 Å². The van der Waals surface area contributed by atoms with Gasteiger partial charge < -0.3 is 9.80 Å². The topological polar surface area (TPSA) is 49.3 Å². The first-order valence-electron chi connectivity index (χ1n) is 11.8.